The number of likely N-dealkylation sites (tertiary alicyclic amines) is 1. The van der Waals surface area contributed by atoms with Crippen LogP contribution in [0.25, 0.3) is 0 Å². The van der Waals surface area contributed by atoms with Gasteiger partial charge in [-0.2, -0.15) is 0 Å². The van der Waals surface area contributed by atoms with Crippen LogP contribution in [-0.4, -0.2) is 34.5 Å². The molecule has 1 aromatic rings. The Hall–Kier alpha value is -1.36. The molecule has 0 aromatic heterocycles. The first kappa shape index (κ1) is 15.0. The number of rotatable bonds is 3. The fraction of sp³-hybridized carbons (Fsp3) is 0.467. The number of piperidine rings is 1. The van der Waals surface area contributed by atoms with E-state index in [-0.39, 0.29) is 12.3 Å². The van der Waals surface area contributed by atoms with Gasteiger partial charge in [0.25, 0.3) is 0 Å². The van der Waals surface area contributed by atoms with E-state index in [9.17, 15) is 14.7 Å². The summed E-state index contributed by atoms with van der Waals surface area (Å²) in [4.78, 5) is 25.1. The van der Waals surface area contributed by atoms with Crippen LogP contribution in [-0.2, 0) is 16.0 Å². The lowest BCUT2D eigenvalue weighted by Gasteiger charge is -2.33. The number of benzene rings is 1. The minimum absolute atomic E-state index is 0.0949. The Morgan fingerprint density at radius 2 is 2.15 bits per heavy atom. The predicted octanol–water partition coefficient (Wildman–Crippen LogP) is 2.77. The van der Waals surface area contributed by atoms with Crippen molar-refractivity contribution in [2.24, 2.45) is 0 Å². The van der Waals surface area contributed by atoms with Crippen LogP contribution in [0.4, 0.5) is 0 Å². The molecular weight excluding hydrogens is 322 g/mol. The number of hydrogen-bond donors (Lipinski definition) is 1. The molecule has 0 radical (unpaired) electrons. The molecule has 20 heavy (non-hydrogen) atoms. The fourth-order valence-corrected chi connectivity index (χ4v) is 3.08. The zero-order chi connectivity index (χ0) is 14.7. The van der Waals surface area contributed by atoms with Crippen LogP contribution in [0.5, 0.6) is 0 Å². The summed E-state index contributed by atoms with van der Waals surface area (Å²) in [6, 6.07) is 5.12. The van der Waals surface area contributed by atoms with Crippen LogP contribution in [0.15, 0.2) is 22.7 Å². The molecule has 0 aliphatic carbocycles. The minimum atomic E-state index is -0.898. The molecule has 2 rings (SSSR count). The quantitative estimate of drug-likeness (QED) is 0.921. The van der Waals surface area contributed by atoms with Crippen molar-refractivity contribution < 1.29 is 14.7 Å². The van der Waals surface area contributed by atoms with E-state index in [1.807, 2.05) is 25.1 Å². The van der Waals surface area contributed by atoms with E-state index in [4.69, 9.17) is 0 Å². The van der Waals surface area contributed by atoms with Crippen molar-refractivity contribution >= 4 is 27.8 Å². The maximum absolute atomic E-state index is 12.4. The molecule has 0 unspecified atom stereocenters. The van der Waals surface area contributed by atoms with E-state index in [1.54, 1.807) is 0 Å². The Balaban J connectivity index is 2.12. The average molecular weight is 340 g/mol. The Kier molecular flexibility index (Phi) is 4.81. The molecule has 0 bridgehead atoms. The largest absolute Gasteiger partial charge is 0.480 e. The summed E-state index contributed by atoms with van der Waals surface area (Å²) in [7, 11) is 0. The molecular formula is C15H18BrNO3. The van der Waals surface area contributed by atoms with Gasteiger partial charge in [-0.25, -0.2) is 4.79 Å². The van der Waals surface area contributed by atoms with Crippen LogP contribution in [0.1, 0.15) is 30.4 Å². The number of carboxylic acid groups (broad SMARTS) is 1. The molecule has 0 spiro atoms. The molecule has 1 fully saturated rings. The van der Waals surface area contributed by atoms with Gasteiger partial charge in [-0.1, -0.05) is 22.0 Å². The zero-order valence-electron chi connectivity index (χ0n) is 11.4. The van der Waals surface area contributed by atoms with Gasteiger partial charge in [-0.05, 0) is 49.4 Å². The Morgan fingerprint density at radius 1 is 1.40 bits per heavy atom. The first-order valence-corrected chi connectivity index (χ1v) is 7.55. The number of hydrogen-bond acceptors (Lipinski definition) is 2. The number of aryl methyl sites for hydroxylation is 1. The normalized spacial score (nSPS) is 18.9. The number of carboxylic acids is 1. The summed E-state index contributed by atoms with van der Waals surface area (Å²) in [6.45, 7) is 2.50. The number of amides is 1. The first-order valence-electron chi connectivity index (χ1n) is 6.76. The van der Waals surface area contributed by atoms with Gasteiger partial charge >= 0.3 is 5.97 Å². The molecule has 1 N–H and O–H groups in total. The summed E-state index contributed by atoms with van der Waals surface area (Å²) < 4.78 is 0.979. The SMILES string of the molecule is Cc1cc(Br)ccc1CC(=O)N1CCCC[C@@H]1C(=O)O. The smallest absolute Gasteiger partial charge is 0.326 e. The second kappa shape index (κ2) is 6.39. The van der Waals surface area contributed by atoms with E-state index in [0.717, 1.165) is 28.4 Å². The topological polar surface area (TPSA) is 57.6 Å². The minimum Gasteiger partial charge on any atom is -0.480 e. The van der Waals surface area contributed by atoms with E-state index in [2.05, 4.69) is 15.9 Å². The van der Waals surface area contributed by atoms with Crippen molar-refractivity contribution in [2.75, 3.05) is 6.54 Å². The predicted molar refractivity (Wildman–Crippen MR) is 79.6 cm³/mol. The van der Waals surface area contributed by atoms with Gasteiger partial charge < -0.3 is 10.0 Å². The van der Waals surface area contributed by atoms with Crippen molar-refractivity contribution in [3.05, 3.63) is 33.8 Å². The third-order valence-electron chi connectivity index (χ3n) is 3.75. The van der Waals surface area contributed by atoms with Gasteiger partial charge in [-0.15, -0.1) is 0 Å². The number of aliphatic carboxylic acids is 1. The molecule has 1 heterocycles. The molecule has 1 atom stereocenters. The molecule has 1 aromatic carbocycles. The summed E-state index contributed by atoms with van der Waals surface area (Å²) >= 11 is 3.39. The van der Waals surface area contributed by atoms with Crippen molar-refractivity contribution in [3.63, 3.8) is 0 Å². The van der Waals surface area contributed by atoms with Crippen molar-refractivity contribution in [1.82, 2.24) is 4.90 Å². The molecule has 5 heteroatoms. The van der Waals surface area contributed by atoms with E-state index in [0.29, 0.717) is 13.0 Å². The van der Waals surface area contributed by atoms with Crippen LogP contribution in [0.3, 0.4) is 0 Å². The number of carbonyl (C=O) groups is 2. The molecule has 0 saturated carbocycles. The highest BCUT2D eigenvalue weighted by atomic mass is 79.9. The maximum Gasteiger partial charge on any atom is 0.326 e. The lowest BCUT2D eigenvalue weighted by molar-refractivity contribution is -0.151. The van der Waals surface area contributed by atoms with Crippen molar-refractivity contribution in [2.45, 2.75) is 38.6 Å². The third kappa shape index (κ3) is 3.39. The summed E-state index contributed by atoms with van der Waals surface area (Å²) in [5, 5.41) is 9.21. The van der Waals surface area contributed by atoms with Crippen molar-refractivity contribution in [3.8, 4) is 0 Å². The number of carbonyl (C=O) groups excluding carboxylic acids is 1. The van der Waals surface area contributed by atoms with Crippen LogP contribution in [0.2, 0.25) is 0 Å². The summed E-state index contributed by atoms with van der Waals surface area (Å²) in [5.74, 6) is -0.992. The first-order chi connectivity index (χ1) is 9.49. The van der Waals surface area contributed by atoms with Crippen LogP contribution in [0, 0.1) is 6.92 Å². The highest BCUT2D eigenvalue weighted by molar-refractivity contribution is 9.10. The zero-order valence-corrected chi connectivity index (χ0v) is 13.0. The Labute approximate surface area is 126 Å². The highest BCUT2D eigenvalue weighted by Gasteiger charge is 2.31. The summed E-state index contributed by atoms with van der Waals surface area (Å²) in [5.41, 5.74) is 1.99. The second-order valence-electron chi connectivity index (χ2n) is 5.18. The average Bonchev–Trinajstić information content (AvgIpc) is 2.41. The van der Waals surface area contributed by atoms with Gasteiger partial charge in [0.15, 0.2) is 0 Å². The number of nitrogens with zero attached hydrogens (tertiary/aromatic N) is 1. The molecule has 1 amide bonds. The van der Waals surface area contributed by atoms with Gasteiger partial charge in [0.05, 0.1) is 6.42 Å². The standard InChI is InChI=1S/C15H18BrNO3/c1-10-8-12(16)6-5-11(10)9-14(18)17-7-3-2-4-13(17)15(19)20/h5-6,8,13H,2-4,7,9H2,1H3,(H,19,20)/t13-/m1/s1. The lowest BCUT2D eigenvalue weighted by Crippen LogP contribution is -2.48. The van der Waals surface area contributed by atoms with Crippen molar-refractivity contribution in [1.29, 1.82) is 0 Å². The van der Waals surface area contributed by atoms with E-state index < -0.39 is 12.0 Å². The molecule has 1 aliphatic heterocycles. The molecule has 1 saturated heterocycles. The van der Waals surface area contributed by atoms with Crippen LogP contribution >= 0.6 is 15.9 Å². The number of halogens is 1. The van der Waals surface area contributed by atoms with Gasteiger partial charge in [0.2, 0.25) is 5.91 Å². The maximum atomic E-state index is 12.4. The molecule has 1 aliphatic rings. The summed E-state index contributed by atoms with van der Waals surface area (Å²) in [6.07, 6.45) is 2.58. The van der Waals surface area contributed by atoms with Crippen LogP contribution < -0.4 is 0 Å². The lowest BCUT2D eigenvalue weighted by atomic mass is 9.99. The monoisotopic (exact) mass is 339 g/mol. The Morgan fingerprint density at radius 3 is 2.80 bits per heavy atom. The van der Waals surface area contributed by atoms with Gasteiger partial charge in [0, 0.05) is 11.0 Å². The van der Waals surface area contributed by atoms with Gasteiger partial charge in [-0.3, -0.25) is 4.79 Å². The fourth-order valence-electron chi connectivity index (χ4n) is 2.61. The second-order valence-corrected chi connectivity index (χ2v) is 6.10. The Bertz CT molecular complexity index is 530. The van der Waals surface area contributed by atoms with E-state index >= 15 is 0 Å². The highest BCUT2D eigenvalue weighted by Crippen LogP contribution is 2.21. The van der Waals surface area contributed by atoms with E-state index in [1.165, 1.54) is 4.90 Å². The molecule has 4 nitrogen and oxygen atoms in total. The third-order valence-corrected chi connectivity index (χ3v) is 4.25. The molecule has 108 valence electrons. The van der Waals surface area contributed by atoms with Gasteiger partial charge in [0.1, 0.15) is 6.04 Å².